The van der Waals surface area contributed by atoms with E-state index in [9.17, 15) is 13.2 Å². The molecule has 0 radical (unpaired) electrons. The van der Waals surface area contributed by atoms with Gasteiger partial charge in [-0.25, -0.2) is 0 Å². The van der Waals surface area contributed by atoms with Crippen LogP contribution in [0.5, 0.6) is 0 Å². The number of carboxylic acid groups (broad SMARTS) is 2. The molecule has 0 heterocycles. The maximum absolute atomic E-state index is 9.37. The Hall–Kier alpha value is -1.15. The van der Waals surface area contributed by atoms with E-state index in [2.05, 4.69) is 0 Å². The van der Waals surface area contributed by atoms with Crippen LogP contribution in [0, 0.1) is 0 Å². The van der Waals surface area contributed by atoms with Crippen LogP contribution in [0.2, 0.25) is 0 Å². The molecule has 0 rings (SSSR count). The molecular formula is C6H14O7S. The molecule has 0 saturated heterocycles. The smallest absolute Gasteiger partial charge is 0.303 e. The van der Waals surface area contributed by atoms with E-state index < -0.39 is 22.1 Å². The van der Waals surface area contributed by atoms with Crippen LogP contribution in [0.25, 0.3) is 0 Å². The number of carbonyl (C=O) groups is 2. The van der Waals surface area contributed by atoms with Crippen molar-refractivity contribution < 1.29 is 32.8 Å². The minimum atomic E-state index is -3.67. The first-order valence-corrected chi connectivity index (χ1v) is 5.19. The van der Waals surface area contributed by atoms with Gasteiger partial charge in [0, 0.05) is 13.3 Å². The standard InChI is InChI=1S/C3H6O2.C2H4O2.CH4O3S/c1-2-3(4)5;1-2(3)4;1-5(2,3)4/h2H2,1H3,(H,4,5);1H3,(H,3,4);1H3,(H,2,3,4). The summed E-state index contributed by atoms with van der Waals surface area (Å²) < 4.78 is 25.9. The quantitative estimate of drug-likeness (QED) is 0.543. The zero-order valence-corrected chi connectivity index (χ0v) is 8.91. The first-order valence-electron chi connectivity index (χ1n) is 3.34. The molecule has 14 heavy (non-hydrogen) atoms. The maximum Gasteiger partial charge on any atom is 0.303 e. The van der Waals surface area contributed by atoms with Gasteiger partial charge >= 0.3 is 5.97 Å². The highest BCUT2D eigenvalue weighted by atomic mass is 32.2. The van der Waals surface area contributed by atoms with Crippen LogP contribution >= 0.6 is 0 Å². The van der Waals surface area contributed by atoms with E-state index >= 15 is 0 Å². The number of carboxylic acids is 2. The normalized spacial score (nSPS) is 8.57. The van der Waals surface area contributed by atoms with Crippen molar-refractivity contribution in [3.05, 3.63) is 0 Å². The van der Waals surface area contributed by atoms with Crippen LogP contribution in [-0.4, -0.2) is 41.4 Å². The van der Waals surface area contributed by atoms with Crippen molar-refractivity contribution in [3.8, 4) is 0 Å². The van der Waals surface area contributed by atoms with Gasteiger partial charge in [-0.15, -0.1) is 0 Å². The molecule has 0 aromatic heterocycles. The zero-order valence-electron chi connectivity index (χ0n) is 8.09. The van der Waals surface area contributed by atoms with Gasteiger partial charge in [-0.1, -0.05) is 6.92 Å². The Morgan fingerprint density at radius 3 is 1.29 bits per heavy atom. The van der Waals surface area contributed by atoms with E-state index in [1.165, 1.54) is 0 Å². The second-order valence-corrected chi connectivity index (χ2v) is 3.47. The van der Waals surface area contributed by atoms with Crippen molar-refractivity contribution in [1.29, 1.82) is 0 Å². The van der Waals surface area contributed by atoms with Gasteiger partial charge in [0.1, 0.15) is 0 Å². The molecule has 3 N–H and O–H groups in total. The largest absolute Gasteiger partial charge is 0.481 e. The summed E-state index contributed by atoms with van der Waals surface area (Å²) in [7, 11) is -3.67. The summed E-state index contributed by atoms with van der Waals surface area (Å²) in [6, 6.07) is 0. The Morgan fingerprint density at radius 2 is 1.29 bits per heavy atom. The predicted octanol–water partition coefficient (Wildman–Crippen LogP) is 0.0759. The van der Waals surface area contributed by atoms with Gasteiger partial charge in [-0.05, 0) is 0 Å². The molecule has 0 aromatic rings. The summed E-state index contributed by atoms with van der Waals surface area (Å²) in [6.45, 7) is 2.68. The molecule has 86 valence electrons. The van der Waals surface area contributed by atoms with Crippen LogP contribution in [0.3, 0.4) is 0 Å². The highest BCUT2D eigenvalue weighted by molar-refractivity contribution is 7.85. The van der Waals surface area contributed by atoms with Gasteiger partial charge in [-0.3, -0.25) is 14.1 Å². The summed E-state index contributed by atoms with van der Waals surface area (Å²) >= 11 is 0. The van der Waals surface area contributed by atoms with Crippen molar-refractivity contribution in [3.63, 3.8) is 0 Å². The number of hydrogen-bond donors (Lipinski definition) is 3. The minimum absolute atomic E-state index is 0.222. The summed E-state index contributed by atoms with van der Waals surface area (Å²) in [5, 5.41) is 15.1. The third kappa shape index (κ3) is 1460. The lowest BCUT2D eigenvalue weighted by molar-refractivity contribution is -0.137. The first kappa shape index (κ1) is 18.6. The molecule has 0 amide bonds. The summed E-state index contributed by atoms with van der Waals surface area (Å²) in [4.78, 5) is 18.4. The lowest BCUT2D eigenvalue weighted by atomic mass is 10.5. The van der Waals surface area contributed by atoms with Crippen molar-refractivity contribution in [2.75, 3.05) is 6.26 Å². The second kappa shape index (κ2) is 9.93. The first-order chi connectivity index (χ1) is 6.00. The van der Waals surface area contributed by atoms with Crippen LogP contribution in [-0.2, 0) is 19.7 Å². The fourth-order valence-corrected chi connectivity index (χ4v) is 0. The fraction of sp³-hybridized carbons (Fsp3) is 0.667. The van der Waals surface area contributed by atoms with E-state index in [1.807, 2.05) is 0 Å². The highest BCUT2D eigenvalue weighted by Crippen LogP contribution is 1.67. The Bertz CT molecular complexity index is 241. The molecule has 0 saturated carbocycles. The van der Waals surface area contributed by atoms with Gasteiger partial charge < -0.3 is 10.2 Å². The SMILES string of the molecule is CC(=O)O.CCC(=O)O.CS(=O)(=O)O. The van der Waals surface area contributed by atoms with E-state index in [1.54, 1.807) is 6.92 Å². The van der Waals surface area contributed by atoms with Crippen LogP contribution in [0.4, 0.5) is 0 Å². The lowest BCUT2D eigenvalue weighted by Gasteiger charge is -1.71. The third-order valence-corrected chi connectivity index (χ3v) is 0.302. The van der Waals surface area contributed by atoms with Gasteiger partial charge in [0.05, 0.1) is 6.26 Å². The topological polar surface area (TPSA) is 129 Å². The molecule has 0 atom stereocenters. The van der Waals surface area contributed by atoms with E-state index in [0.717, 1.165) is 6.92 Å². The number of rotatable bonds is 1. The van der Waals surface area contributed by atoms with E-state index in [4.69, 9.17) is 19.6 Å². The lowest BCUT2D eigenvalue weighted by Crippen LogP contribution is -1.88. The Balaban J connectivity index is -0.000000131. The highest BCUT2D eigenvalue weighted by Gasteiger charge is 1.81. The Morgan fingerprint density at radius 1 is 1.21 bits per heavy atom. The molecule has 0 aliphatic heterocycles. The monoisotopic (exact) mass is 230 g/mol. The van der Waals surface area contributed by atoms with Gasteiger partial charge in [0.2, 0.25) is 0 Å². The molecule has 8 heteroatoms. The summed E-state index contributed by atoms with van der Waals surface area (Å²) in [5.74, 6) is -1.58. The fourth-order valence-electron chi connectivity index (χ4n) is 0. The molecular weight excluding hydrogens is 216 g/mol. The molecule has 7 nitrogen and oxygen atoms in total. The van der Waals surface area contributed by atoms with Crippen LogP contribution in [0.15, 0.2) is 0 Å². The van der Waals surface area contributed by atoms with Gasteiger partial charge in [-0.2, -0.15) is 8.42 Å². The maximum atomic E-state index is 9.37. The van der Waals surface area contributed by atoms with Crippen molar-refractivity contribution in [2.45, 2.75) is 20.3 Å². The third-order valence-electron chi connectivity index (χ3n) is 0.302. The average molecular weight is 230 g/mol. The Kier molecular flexibility index (Phi) is 13.2. The van der Waals surface area contributed by atoms with Gasteiger partial charge in [0.15, 0.2) is 0 Å². The van der Waals surface area contributed by atoms with Crippen molar-refractivity contribution in [1.82, 2.24) is 0 Å². The Labute approximate surface area is 82.1 Å². The van der Waals surface area contributed by atoms with E-state index in [0.29, 0.717) is 6.26 Å². The van der Waals surface area contributed by atoms with Crippen LogP contribution in [0.1, 0.15) is 20.3 Å². The minimum Gasteiger partial charge on any atom is -0.481 e. The molecule has 0 bridgehead atoms. The number of hydrogen-bond acceptors (Lipinski definition) is 4. The van der Waals surface area contributed by atoms with Gasteiger partial charge in [0.25, 0.3) is 16.1 Å². The molecule has 0 unspecified atom stereocenters. The second-order valence-electron chi connectivity index (χ2n) is 2.00. The van der Waals surface area contributed by atoms with Crippen LogP contribution < -0.4 is 0 Å². The van der Waals surface area contributed by atoms with E-state index in [-0.39, 0.29) is 6.42 Å². The molecule has 0 aromatic carbocycles. The average Bonchev–Trinajstić information content (AvgIpc) is 1.82. The van der Waals surface area contributed by atoms with Crippen molar-refractivity contribution in [2.24, 2.45) is 0 Å². The molecule has 0 fully saturated rings. The van der Waals surface area contributed by atoms with Crippen molar-refractivity contribution >= 4 is 22.1 Å². The molecule has 0 spiro atoms. The number of aliphatic carboxylic acids is 2. The summed E-state index contributed by atoms with van der Waals surface area (Å²) in [6.07, 6.45) is 0.937. The molecule has 0 aliphatic carbocycles. The zero-order chi connectivity index (χ0) is 12.4. The summed E-state index contributed by atoms with van der Waals surface area (Å²) in [5.41, 5.74) is 0. The molecule has 0 aliphatic rings. The predicted molar refractivity (Wildman–Crippen MR) is 48.7 cm³/mol.